The molecule has 1 aromatic heterocycles. The second-order valence-corrected chi connectivity index (χ2v) is 5.18. The summed E-state index contributed by atoms with van der Waals surface area (Å²) in [7, 11) is 0. The maximum atomic E-state index is 13.0. The average Bonchev–Trinajstić information content (AvgIpc) is 2.39. The van der Waals surface area contributed by atoms with Crippen molar-refractivity contribution in [2.45, 2.75) is 19.3 Å². The summed E-state index contributed by atoms with van der Waals surface area (Å²) in [6, 6.07) is 10.2. The Morgan fingerprint density at radius 3 is 2.68 bits per heavy atom. The molecule has 1 aromatic carbocycles. The number of benzene rings is 1. The minimum atomic E-state index is -0.327. The number of hydrogen-bond donors (Lipinski definition) is 2. The van der Waals surface area contributed by atoms with Crippen molar-refractivity contribution in [2.75, 3.05) is 17.6 Å². The predicted molar refractivity (Wildman–Crippen MR) is 76.6 cm³/mol. The van der Waals surface area contributed by atoms with Crippen molar-refractivity contribution in [1.29, 1.82) is 0 Å². The lowest BCUT2D eigenvalue weighted by molar-refractivity contribution is 0.538. The van der Waals surface area contributed by atoms with Crippen LogP contribution >= 0.6 is 0 Å². The lowest BCUT2D eigenvalue weighted by Crippen LogP contribution is -2.28. The van der Waals surface area contributed by atoms with Crippen molar-refractivity contribution in [3.05, 3.63) is 54.1 Å². The van der Waals surface area contributed by atoms with Crippen LogP contribution in [0.4, 0.5) is 15.8 Å². The molecule has 100 valence electrons. The fourth-order valence-corrected chi connectivity index (χ4v) is 1.86. The zero-order valence-electron chi connectivity index (χ0n) is 11.2. The monoisotopic (exact) mass is 259 g/mol. The van der Waals surface area contributed by atoms with Crippen LogP contribution in [-0.4, -0.2) is 11.5 Å². The minimum Gasteiger partial charge on any atom is -0.397 e. The van der Waals surface area contributed by atoms with Crippen LogP contribution in [0.25, 0.3) is 0 Å². The SMILES string of the molecule is CC(C)(CNc1ccc(F)cc1N)c1ccccn1. The van der Waals surface area contributed by atoms with E-state index in [1.807, 2.05) is 18.2 Å². The highest BCUT2D eigenvalue weighted by molar-refractivity contribution is 5.66. The first kappa shape index (κ1) is 13.3. The molecule has 1 heterocycles. The quantitative estimate of drug-likeness (QED) is 0.829. The maximum absolute atomic E-state index is 13.0. The van der Waals surface area contributed by atoms with Crippen LogP contribution in [0.1, 0.15) is 19.5 Å². The minimum absolute atomic E-state index is 0.137. The number of halogens is 1. The maximum Gasteiger partial charge on any atom is 0.125 e. The van der Waals surface area contributed by atoms with E-state index in [0.717, 1.165) is 11.4 Å². The molecule has 0 aliphatic rings. The van der Waals surface area contributed by atoms with Crippen molar-refractivity contribution < 1.29 is 4.39 Å². The van der Waals surface area contributed by atoms with Gasteiger partial charge in [0.15, 0.2) is 0 Å². The summed E-state index contributed by atoms with van der Waals surface area (Å²) in [6.45, 7) is 4.87. The smallest absolute Gasteiger partial charge is 0.125 e. The van der Waals surface area contributed by atoms with Gasteiger partial charge < -0.3 is 11.1 Å². The summed E-state index contributed by atoms with van der Waals surface area (Å²) in [6.07, 6.45) is 1.78. The number of rotatable bonds is 4. The Kier molecular flexibility index (Phi) is 3.69. The number of nitrogens with zero attached hydrogens (tertiary/aromatic N) is 1. The van der Waals surface area contributed by atoms with Gasteiger partial charge in [0.05, 0.1) is 11.4 Å². The van der Waals surface area contributed by atoms with Crippen molar-refractivity contribution in [2.24, 2.45) is 0 Å². The fraction of sp³-hybridized carbons (Fsp3) is 0.267. The fourth-order valence-electron chi connectivity index (χ4n) is 1.86. The number of anilines is 2. The molecular weight excluding hydrogens is 241 g/mol. The first-order valence-electron chi connectivity index (χ1n) is 6.19. The molecule has 0 saturated heterocycles. The summed E-state index contributed by atoms with van der Waals surface area (Å²) < 4.78 is 13.0. The van der Waals surface area contributed by atoms with Crippen LogP contribution in [0.15, 0.2) is 42.6 Å². The number of nitrogen functional groups attached to an aromatic ring is 1. The van der Waals surface area contributed by atoms with Crippen LogP contribution < -0.4 is 11.1 Å². The highest BCUT2D eigenvalue weighted by Gasteiger charge is 2.21. The molecule has 0 atom stereocenters. The summed E-state index contributed by atoms with van der Waals surface area (Å²) in [5.41, 5.74) is 7.79. The van der Waals surface area contributed by atoms with Gasteiger partial charge in [-0.15, -0.1) is 0 Å². The van der Waals surface area contributed by atoms with Gasteiger partial charge in [0.1, 0.15) is 5.82 Å². The Morgan fingerprint density at radius 1 is 1.26 bits per heavy atom. The number of pyridine rings is 1. The molecule has 0 aliphatic carbocycles. The molecular formula is C15H18FN3. The number of aromatic nitrogens is 1. The van der Waals surface area contributed by atoms with Gasteiger partial charge in [-0.25, -0.2) is 4.39 Å². The third kappa shape index (κ3) is 3.22. The zero-order chi connectivity index (χ0) is 13.9. The van der Waals surface area contributed by atoms with Crippen molar-refractivity contribution in [1.82, 2.24) is 4.98 Å². The Labute approximate surface area is 112 Å². The van der Waals surface area contributed by atoms with Crippen LogP contribution in [0.5, 0.6) is 0 Å². The Hall–Kier alpha value is -2.10. The highest BCUT2D eigenvalue weighted by Crippen LogP contribution is 2.24. The molecule has 19 heavy (non-hydrogen) atoms. The summed E-state index contributed by atoms with van der Waals surface area (Å²) in [5, 5.41) is 3.25. The van der Waals surface area contributed by atoms with Gasteiger partial charge in [0, 0.05) is 23.9 Å². The van der Waals surface area contributed by atoms with E-state index >= 15 is 0 Å². The molecule has 2 rings (SSSR count). The van der Waals surface area contributed by atoms with Gasteiger partial charge in [-0.1, -0.05) is 19.9 Å². The second-order valence-electron chi connectivity index (χ2n) is 5.18. The third-order valence-corrected chi connectivity index (χ3v) is 3.09. The molecule has 0 fully saturated rings. The summed E-state index contributed by atoms with van der Waals surface area (Å²) in [5.74, 6) is -0.327. The van der Waals surface area contributed by atoms with Crippen LogP contribution in [0.3, 0.4) is 0 Å². The van der Waals surface area contributed by atoms with E-state index in [4.69, 9.17) is 5.73 Å². The van der Waals surface area contributed by atoms with Gasteiger partial charge in [-0.2, -0.15) is 0 Å². The van der Waals surface area contributed by atoms with Gasteiger partial charge in [0.25, 0.3) is 0 Å². The molecule has 0 saturated carbocycles. The molecule has 0 amide bonds. The highest BCUT2D eigenvalue weighted by atomic mass is 19.1. The molecule has 3 N–H and O–H groups in total. The van der Waals surface area contributed by atoms with Crippen LogP contribution in [0, 0.1) is 5.82 Å². The third-order valence-electron chi connectivity index (χ3n) is 3.09. The van der Waals surface area contributed by atoms with Gasteiger partial charge in [-0.3, -0.25) is 4.98 Å². The molecule has 2 aromatic rings. The molecule has 0 aliphatic heterocycles. The lowest BCUT2D eigenvalue weighted by Gasteiger charge is -2.25. The predicted octanol–water partition coefficient (Wildman–Crippen LogP) is 3.19. The van der Waals surface area contributed by atoms with Gasteiger partial charge in [0.2, 0.25) is 0 Å². The Bertz CT molecular complexity index is 553. The van der Waals surface area contributed by atoms with Crippen molar-refractivity contribution >= 4 is 11.4 Å². The first-order valence-corrected chi connectivity index (χ1v) is 6.19. The average molecular weight is 259 g/mol. The molecule has 0 unspecified atom stereocenters. The van der Waals surface area contributed by atoms with E-state index in [1.165, 1.54) is 12.1 Å². The van der Waals surface area contributed by atoms with Crippen LogP contribution in [0.2, 0.25) is 0 Å². The van der Waals surface area contributed by atoms with E-state index < -0.39 is 0 Å². The summed E-state index contributed by atoms with van der Waals surface area (Å²) >= 11 is 0. The molecule has 3 nitrogen and oxygen atoms in total. The van der Waals surface area contributed by atoms with E-state index in [9.17, 15) is 4.39 Å². The molecule has 0 spiro atoms. The van der Waals surface area contributed by atoms with Gasteiger partial charge >= 0.3 is 0 Å². The molecule has 4 heteroatoms. The van der Waals surface area contributed by atoms with Gasteiger partial charge in [-0.05, 0) is 30.3 Å². The topological polar surface area (TPSA) is 50.9 Å². The second kappa shape index (κ2) is 5.26. The largest absolute Gasteiger partial charge is 0.397 e. The van der Waals surface area contributed by atoms with E-state index in [2.05, 4.69) is 24.1 Å². The number of hydrogen-bond acceptors (Lipinski definition) is 3. The zero-order valence-corrected chi connectivity index (χ0v) is 11.2. The van der Waals surface area contributed by atoms with E-state index in [-0.39, 0.29) is 11.2 Å². The Morgan fingerprint density at radius 2 is 2.05 bits per heavy atom. The molecule has 0 radical (unpaired) electrons. The molecule has 0 bridgehead atoms. The standard InChI is InChI=1S/C15H18FN3/c1-15(2,14-5-3-4-8-18-14)10-19-13-7-6-11(16)9-12(13)17/h3-9,19H,10,17H2,1-2H3. The first-order chi connectivity index (χ1) is 8.99. The number of nitrogens with two attached hydrogens (primary N) is 1. The van der Waals surface area contributed by atoms with E-state index in [0.29, 0.717) is 12.2 Å². The number of nitrogens with one attached hydrogen (secondary N) is 1. The van der Waals surface area contributed by atoms with Crippen molar-refractivity contribution in [3.8, 4) is 0 Å². The summed E-state index contributed by atoms with van der Waals surface area (Å²) in [4.78, 5) is 4.37. The van der Waals surface area contributed by atoms with E-state index in [1.54, 1.807) is 12.3 Å². The van der Waals surface area contributed by atoms with Crippen molar-refractivity contribution in [3.63, 3.8) is 0 Å². The lowest BCUT2D eigenvalue weighted by atomic mass is 9.88. The normalized spacial score (nSPS) is 11.3. The van der Waals surface area contributed by atoms with Crippen LogP contribution in [-0.2, 0) is 5.41 Å². The Balaban J connectivity index is 2.09.